The third-order valence-corrected chi connectivity index (χ3v) is 4.03. The molecule has 0 bridgehead atoms. The highest BCUT2D eigenvalue weighted by Gasteiger charge is 2.22. The van der Waals surface area contributed by atoms with Gasteiger partial charge in [-0.2, -0.15) is 0 Å². The van der Waals surface area contributed by atoms with Crippen LogP contribution in [0, 0.1) is 0 Å². The Balaban J connectivity index is 1.70. The number of nitrogens with one attached hydrogen (secondary N) is 2. The number of H-pyrrole nitrogens is 1. The van der Waals surface area contributed by atoms with Crippen molar-refractivity contribution in [2.24, 2.45) is 0 Å². The lowest BCUT2D eigenvalue weighted by atomic mass is 10.1. The summed E-state index contributed by atoms with van der Waals surface area (Å²) in [6.45, 7) is 1.89. The molecule has 2 atom stereocenters. The first kappa shape index (κ1) is 16.9. The van der Waals surface area contributed by atoms with Gasteiger partial charge in [0.15, 0.2) is 6.10 Å². The van der Waals surface area contributed by atoms with Crippen LogP contribution in [0.3, 0.4) is 0 Å². The van der Waals surface area contributed by atoms with Crippen molar-refractivity contribution < 1.29 is 9.53 Å². The van der Waals surface area contributed by atoms with Crippen LogP contribution in [-0.2, 0) is 9.53 Å². The van der Waals surface area contributed by atoms with Gasteiger partial charge < -0.3 is 15.0 Å². The molecular weight excluding hydrogens is 314 g/mol. The molecule has 1 heterocycles. The van der Waals surface area contributed by atoms with Crippen LogP contribution in [0.2, 0.25) is 0 Å². The first-order valence-electron chi connectivity index (χ1n) is 8.17. The van der Waals surface area contributed by atoms with Gasteiger partial charge in [0.25, 0.3) is 5.91 Å². The summed E-state index contributed by atoms with van der Waals surface area (Å²) in [7, 11) is 1.53. The number of carbonyl (C=O) groups excluding carboxylic acids is 1. The van der Waals surface area contributed by atoms with E-state index in [9.17, 15) is 4.79 Å². The molecule has 0 aliphatic carbocycles. The summed E-state index contributed by atoms with van der Waals surface area (Å²) in [5, 5.41) is 2.95. The van der Waals surface area contributed by atoms with Crippen molar-refractivity contribution >= 4 is 5.91 Å². The van der Waals surface area contributed by atoms with Gasteiger partial charge in [0.1, 0.15) is 5.82 Å². The molecule has 0 saturated heterocycles. The monoisotopic (exact) mass is 335 g/mol. The standard InChI is InChI=1S/C20H21N3O2/c1-14(19-21-13-17(23-19)15-9-5-3-6-10-15)22-20(24)18(25-2)16-11-7-4-8-12-16/h3-14,18H,1-2H3,(H,21,23)(H,22,24)/t14-,18-/m0/s1. The van der Waals surface area contributed by atoms with Crippen LogP contribution >= 0.6 is 0 Å². The lowest BCUT2D eigenvalue weighted by Crippen LogP contribution is -2.33. The van der Waals surface area contributed by atoms with Gasteiger partial charge in [-0.3, -0.25) is 4.79 Å². The number of hydrogen-bond donors (Lipinski definition) is 2. The second-order valence-electron chi connectivity index (χ2n) is 5.80. The van der Waals surface area contributed by atoms with Crippen molar-refractivity contribution in [3.05, 3.63) is 78.2 Å². The highest BCUT2D eigenvalue weighted by molar-refractivity contribution is 5.82. The molecule has 5 nitrogen and oxygen atoms in total. The molecule has 128 valence electrons. The van der Waals surface area contributed by atoms with E-state index < -0.39 is 6.10 Å². The molecule has 0 saturated carbocycles. The number of hydrogen-bond acceptors (Lipinski definition) is 3. The van der Waals surface area contributed by atoms with Gasteiger partial charge in [-0.05, 0) is 18.1 Å². The second-order valence-corrected chi connectivity index (χ2v) is 5.80. The van der Waals surface area contributed by atoms with Crippen molar-refractivity contribution in [2.75, 3.05) is 7.11 Å². The first-order valence-corrected chi connectivity index (χ1v) is 8.17. The van der Waals surface area contributed by atoms with Crippen LogP contribution < -0.4 is 5.32 Å². The third kappa shape index (κ3) is 3.95. The van der Waals surface area contributed by atoms with E-state index in [1.165, 1.54) is 7.11 Å². The van der Waals surface area contributed by atoms with Gasteiger partial charge in [-0.15, -0.1) is 0 Å². The number of aromatic nitrogens is 2. The van der Waals surface area contributed by atoms with Gasteiger partial charge in [-0.25, -0.2) is 4.98 Å². The zero-order chi connectivity index (χ0) is 17.6. The molecule has 2 aromatic carbocycles. The molecule has 25 heavy (non-hydrogen) atoms. The highest BCUT2D eigenvalue weighted by Crippen LogP contribution is 2.21. The van der Waals surface area contributed by atoms with Crippen LogP contribution in [-0.4, -0.2) is 23.0 Å². The fourth-order valence-corrected chi connectivity index (χ4v) is 2.70. The lowest BCUT2D eigenvalue weighted by molar-refractivity contribution is -0.132. The maximum Gasteiger partial charge on any atom is 0.254 e. The number of carbonyl (C=O) groups is 1. The van der Waals surface area contributed by atoms with Crippen LogP contribution in [0.25, 0.3) is 11.3 Å². The minimum Gasteiger partial charge on any atom is -0.367 e. The smallest absolute Gasteiger partial charge is 0.254 e. The number of ether oxygens (including phenoxy) is 1. The Labute approximate surface area is 147 Å². The number of methoxy groups -OCH3 is 1. The quantitative estimate of drug-likeness (QED) is 0.723. The van der Waals surface area contributed by atoms with E-state index in [0.717, 1.165) is 16.8 Å². The van der Waals surface area contributed by atoms with E-state index in [0.29, 0.717) is 5.82 Å². The third-order valence-electron chi connectivity index (χ3n) is 4.03. The highest BCUT2D eigenvalue weighted by atomic mass is 16.5. The van der Waals surface area contributed by atoms with Crippen molar-refractivity contribution in [1.82, 2.24) is 15.3 Å². The molecule has 1 aromatic heterocycles. The summed E-state index contributed by atoms with van der Waals surface area (Å²) in [5.74, 6) is 0.508. The van der Waals surface area contributed by atoms with E-state index in [1.54, 1.807) is 6.20 Å². The van der Waals surface area contributed by atoms with E-state index in [4.69, 9.17) is 4.74 Å². The fraction of sp³-hybridized carbons (Fsp3) is 0.200. The van der Waals surface area contributed by atoms with Crippen LogP contribution in [0.4, 0.5) is 0 Å². The minimum atomic E-state index is -0.646. The lowest BCUT2D eigenvalue weighted by Gasteiger charge is -2.18. The van der Waals surface area contributed by atoms with Gasteiger partial charge in [-0.1, -0.05) is 60.7 Å². The second kappa shape index (κ2) is 7.77. The Bertz CT molecular complexity index is 815. The number of benzene rings is 2. The van der Waals surface area contributed by atoms with Crippen LogP contribution in [0.1, 0.15) is 30.5 Å². The predicted molar refractivity (Wildman–Crippen MR) is 96.8 cm³/mol. The number of imidazole rings is 1. The Morgan fingerprint density at radius 2 is 1.72 bits per heavy atom. The Kier molecular flexibility index (Phi) is 5.26. The largest absolute Gasteiger partial charge is 0.367 e. The van der Waals surface area contributed by atoms with Gasteiger partial charge in [0.2, 0.25) is 0 Å². The summed E-state index contributed by atoms with van der Waals surface area (Å²) < 4.78 is 5.37. The molecule has 0 fully saturated rings. The number of amides is 1. The maximum absolute atomic E-state index is 12.6. The normalized spacial score (nSPS) is 13.2. The average Bonchev–Trinajstić information content (AvgIpc) is 3.14. The molecule has 0 unspecified atom stereocenters. The Morgan fingerprint density at radius 3 is 2.36 bits per heavy atom. The zero-order valence-corrected chi connectivity index (χ0v) is 14.3. The molecule has 2 N–H and O–H groups in total. The molecule has 0 aliphatic heterocycles. The Morgan fingerprint density at radius 1 is 1.08 bits per heavy atom. The molecule has 3 rings (SSSR count). The fourth-order valence-electron chi connectivity index (χ4n) is 2.70. The molecule has 0 radical (unpaired) electrons. The Hall–Kier alpha value is -2.92. The molecule has 3 aromatic rings. The van der Waals surface area contributed by atoms with E-state index >= 15 is 0 Å². The molecular formula is C20H21N3O2. The van der Waals surface area contributed by atoms with E-state index in [-0.39, 0.29) is 11.9 Å². The van der Waals surface area contributed by atoms with E-state index in [1.807, 2.05) is 67.6 Å². The molecule has 5 heteroatoms. The van der Waals surface area contributed by atoms with Gasteiger partial charge in [0, 0.05) is 7.11 Å². The summed E-state index contributed by atoms with van der Waals surface area (Å²) in [5.41, 5.74) is 2.79. The number of aromatic amines is 1. The number of nitrogens with zero attached hydrogens (tertiary/aromatic N) is 1. The van der Waals surface area contributed by atoms with E-state index in [2.05, 4.69) is 15.3 Å². The SMILES string of the molecule is CO[C@H](C(=O)N[C@@H](C)c1ncc(-c2ccccc2)[nH]1)c1ccccc1. The van der Waals surface area contributed by atoms with Crippen molar-refractivity contribution in [2.45, 2.75) is 19.1 Å². The molecule has 0 aliphatic rings. The zero-order valence-electron chi connectivity index (χ0n) is 14.3. The van der Waals surface area contributed by atoms with Gasteiger partial charge in [0.05, 0.1) is 17.9 Å². The van der Waals surface area contributed by atoms with Crippen LogP contribution in [0.5, 0.6) is 0 Å². The topological polar surface area (TPSA) is 67.0 Å². The van der Waals surface area contributed by atoms with Crippen LogP contribution in [0.15, 0.2) is 66.9 Å². The summed E-state index contributed by atoms with van der Waals surface area (Å²) in [6.07, 6.45) is 1.13. The molecule has 0 spiro atoms. The maximum atomic E-state index is 12.6. The van der Waals surface area contributed by atoms with Gasteiger partial charge >= 0.3 is 0 Å². The van der Waals surface area contributed by atoms with Crippen molar-refractivity contribution in [3.8, 4) is 11.3 Å². The summed E-state index contributed by atoms with van der Waals surface area (Å²) in [6, 6.07) is 19.1. The average molecular weight is 335 g/mol. The first-order chi connectivity index (χ1) is 12.2. The molecule has 1 amide bonds. The summed E-state index contributed by atoms with van der Waals surface area (Å²) >= 11 is 0. The summed E-state index contributed by atoms with van der Waals surface area (Å²) in [4.78, 5) is 20.2. The number of rotatable bonds is 6. The predicted octanol–water partition coefficient (Wildman–Crippen LogP) is 3.64. The van der Waals surface area contributed by atoms with Crippen molar-refractivity contribution in [3.63, 3.8) is 0 Å². The minimum absolute atomic E-state index is 0.195. The van der Waals surface area contributed by atoms with Crippen molar-refractivity contribution in [1.29, 1.82) is 0 Å².